The number of nitrogen functional groups attached to an aromatic ring is 1. The van der Waals surface area contributed by atoms with Crippen LogP contribution in [0.25, 0.3) is 0 Å². The van der Waals surface area contributed by atoms with Crippen molar-refractivity contribution in [3.63, 3.8) is 0 Å². The molecule has 0 radical (unpaired) electrons. The number of sulfonamides is 1. The van der Waals surface area contributed by atoms with Crippen LogP contribution < -0.4 is 10.5 Å². The molecule has 2 aromatic heterocycles. The van der Waals surface area contributed by atoms with Crippen molar-refractivity contribution < 1.29 is 8.42 Å². The van der Waals surface area contributed by atoms with Crippen LogP contribution in [0.4, 0.5) is 11.6 Å². The molecule has 0 saturated carbocycles. The summed E-state index contributed by atoms with van der Waals surface area (Å²) in [5, 5.41) is 3.99. The number of aryl methyl sites for hydroxylation is 2. The smallest absolute Gasteiger partial charge is 0.268 e. The van der Waals surface area contributed by atoms with E-state index in [9.17, 15) is 8.42 Å². The van der Waals surface area contributed by atoms with Crippen LogP contribution >= 0.6 is 15.9 Å². The number of nitrogens with zero attached hydrogens (tertiary/aromatic N) is 3. The van der Waals surface area contributed by atoms with Crippen molar-refractivity contribution >= 4 is 37.6 Å². The van der Waals surface area contributed by atoms with E-state index in [1.807, 2.05) is 13.8 Å². The van der Waals surface area contributed by atoms with Crippen molar-refractivity contribution in [3.05, 3.63) is 28.5 Å². The normalized spacial score (nSPS) is 11.6. The highest BCUT2D eigenvalue weighted by Crippen LogP contribution is 2.22. The van der Waals surface area contributed by atoms with E-state index >= 15 is 0 Å². The largest absolute Gasteiger partial charge is 0.381 e. The Morgan fingerprint density at radius 1 is 1.48 bits per heavy atom. The lowest BCUT2D eigenvalue weighted by Gasteiger charge is -2.07. The first-order valence-corrected chi connectivity index (χ1v) is 8.59. The van der Waals surface area contributed by atoms with E-state index in [2.05, 4.69) is 30.7 Å². The molecule has 0 atom stereocenters. The Balaban J connectivity index is 2.31. The first-order valence-electron chi connectivity index (χ1n) is 6.31. The molecule has 9 heteroatoms. The summed E-state index contributed by atoms with van der Waals surface area (Å²) in [4.78, 5) is 3.97. The van der Waals surface area contributed by atoms with Crippen molar-refractivity contribution in [2.75, 3.05) is 10.5 Å². The number of nitrogens with one attached hydrogen (secondary N) is 1. The zero-order chi connectivity index (χ0) is 15.6. The molecule has 0 fully saturated rings. The van der Waals surface area contributed by atoms with Crippen LogP contribution in [0.3, 0.4) is 0 Å². The summed E-state index contributed by atoms with van der Waals surface area (Å²) in [6.07, 6.45) is 3.80. The van der Waals surface area contributed by atoms with Crippen LogP contribution in [0.2, 0.25) is 0 Å². The standard InChI is InChI=1S/C12H16BrN5O2S/c1-3-4-18-7-10(12(14)16-18)21(19,20)17-11-5-8(2)9(13)6-15-11/h5-7H,3-4H2,1-2H3,(H2,14,16)(H,15,17). The molecule has 0 bridgehead atoms. The maximum atomic E-state index is 12.3. The summed E-state index contributed by atoms with van der Waals surface area (Å²) in [5.41, 5.74) is 6.56. The van der Waals surface area contributed by atoms with E-state index in [0.29, 0.717) is 6.54 Å². The van der Waals surface area contributed by atoms with Gasteiger partial charge in [-0.05, 0) is 40.9 Å². The molecule has 0 aliphatic rings. The second-order valence-electron chi connectivity index (χ2n) is 4.57. The maximum Gasteiger partial charge on any atom is 0.268 e. The Hall–Kier alpha value is -1.61. The number of halogens is 1. The van der Waals surface area contributed by atoms with Gasteiger partial charge in [-0.1, -0.05) is 6.92 Å². The SMILES string of the molecule is CCCn1cc(S(=O)(=O)Nc2cc(C)c(Br)cn2)c(N)n1. The minimum absolute atomic E-state index is 0.0233. The number of nitrogens with two attached hydrogens (primary N) is 1. The van der Waals surface area contributed by atoms with Crippen LogP contribution in [-0.2, 0) is 16.6 Å². The molecule has 0 aromatic carbocycles. The average molecular weight is 374 g/mol. The third-order valence-electron chi connectivity index (χ3n) is 2.78. The zero-order valence-electron chi connectivity index (χ0n) is 11.7. The second kappa shape index (κ2) is 6.02. The molecule has 0 saturated heterocycles. The highest BCUT2D eigenvalue weighted by atomic mass is 79.9. The molecule has 0 aliphatic heterocycles. The summed E-state index contributed by atoms with van der Waals surface area (Å²) in [6.45, 7) is 4.42. The quantitative estimate of drug-likeness (QED) is 0.835. The summed E-state index contributed by atoms with van der Waals surface area (Å²) in [5.74, 6) is 0.211. The Labute approximate surface area is 131 Å². The fraction of sp³-hybridized carbons (Fsp3) is 0.333. The number of anilines is 2. The maximum absolute atomic E-state index is 12.3. The van der Waals surface area contributed by atoms with Gasteiger partial charge in [-0.2, -0.15) is 5.10 Å². The number of rotatable bonds is 5. The second-order valence-corrected chi connectivity index (χ2v) is 7.07. The third kappa shape index (κ3) is 3.53. The zero-order valence-corrected chi connectivity index (χ0v) is 14.1. The summed E-state index contributed by atoms with van der Waals surface area (Å²) in [7, 11) is -3.81. The molecule has 0 amide bonds. The van der Waals surface area contributed by atoms with E-state index in [1.165, 1.54) is 17.1 Å². The van der Waals surface area contributed by atoms with Crippen molar-refractivity contribution in [2.24, 2.45) is 0 Å². The van der Waals surface area contributed by atoms with Crippen molar-refractivity contribution in [3.8, 4) is 0 Å². The Morgan fingerprint density at radius 3 is 2.81 bits per heavy atom. The lowest BCUT2D eigenvalue weighted by atomic mass is 10.3. The van der Waals surface area contributed by atoms with Crippen LogP contribution in [0.5, 0.6) is 0 Å². The molecule has 21 heavy (non-hydrogen) atoms. The molecule has 0 spiro atoms. The van der Waals surface area contributed by atoms with Crippen LogP contribution in [-0.4, -0.2) is 23.2 Å². The lowest BCUT2D eigenvalue weighted by molar-refractivity contribution is 0.595. The fourth-order valence-corrected chi connectivity index (χ4v) is 3.05. The average Bonchev–Trinajstić information content (AvgIpc) is 2.76. The predicted octanol–water partition coefficient (Wildman–Crippen LogP) is 2.14. The molecule has 2 heterocycles. The Kier molecular flexibility index (Phi) is 4.52. The van der Waals surface area contributed by atoms with Crippen LogP contribution in [0.15, 0.2) is 27.8 Å². The number of pyridine rings is 1. The molecular weight excluding hydrogens is 358 g/mol. The van der Waals surface area contributed by atoms with Gasteiger partial charge in [0.25, 0.3) is 10.0 Å². The fourth-order valence-electron chi connectivity index (χ4n) is 1.76. The predicted molar refractivity (Wildman–Crippen MR) is 84.4 cm³/mol. The van der Waals surface area contributed by atoms with Crippen LogP contribution in [0, 0.1) is 6.92 Å². The number of hydrogen-bond donors (Lipinski definition) is 2. The van der Waals surface area contributed by atoms with Gasteiger partial charge in [0, 0.05) is 23.4 Å². The van der Waals surface area contributed by atoms with Crippen molar-refractivity contribution in [1.82, 2.24) is 14.8 Å². The minimum atomic E-state index is -3.81. The monoisotopic (exact) mass is 373 g/mol. The topological polar surface area (TPSA) is 103 Å². The van der Waals surface area contributed by atoms with E-state index < -0.39 is 10.0 Å². The first-order chi connectivity index (χ1) is 9.83. The highest BCUT2D eigenvalue weighted by molar-refractivity contribution is 9.10. The van der Waals surface area contributed by atoms with Gasteiger partial charge in [-0.3, -0.25) is 9.40 Å². The van der Waals surface area contributed by atoms with Gasteiger partial charge in [0.05, 0.1) is 0 Å². The third-order valence-corrected chi connectivity index (χ3v) is 4.98. The van der Waals surface area contributed by atoms with Gasteiger partial charge in [-0.25, -0.2) is 13.4 Å². The Morgan fingerprint density at radius 2 is 2.19 bits per heavy atom. The summed E-state index contributed by atoms with van der Waals surface area (Å²) >= 11 is 3.31. The summed E-state index contributed by atoms with van der Waals surface area (Å²) in [6, 6.07) is 1.63. The van der Waals surface area contributed by atoms with Crippen molar-refractivity contribution in [2.45, 2.75) is 31.7 Å². The number of aromatic nitrogens is 3. The van der Waals surface area contributed by atoms with E-state index in [4.69, 9.17) is 5.73 Å². The molecule has 2 aromatic rings. The van der Waals surface area contributed by atoms with Gasteiger partial charge >= 0.3 is 0 Å². The van der Waals surface area contributed by atoms with Gasteiger partial charge in [0.1, 0.15) is 10.7 Å². The molecule has 7 nitrogen and oxygen atoms in total. The lowest BCUT2D eigenvalue weighted by Crippen LogP contribution is -2.15. The minimum Gasteiger partial charge on any atom is -0.381 e. The molecule has 114 valence electrons. The molecule has 0 unspecified atom stereocenters. The molecule has 0 aliphatic carbocycles. The Bertz CT molecular complexity index is 757. The molecular formula is C12H16BrN5O2S. The van der Waals surface area contributed by atoms with Crippen LogP contribution in [0.1, 0.15) is 18.9 Å². The summed E-state index contributed by atoms with van der Waals surface area (Å²) < 4.78 is 29.4. The van der Waals surface area contributed by atoms with E-state index in [-0.39, 0.29) is 16.5 Å². The highest BCUT2D eigenvalue weighted by Gasteiger charge is 2.21. The van der Waals surface area contributed by atoms with Gasteiger partial charge < -0.3 is 5.73 Å². The van der Waals surface area contributed by atoms with E-state index in [1.54, 1.807) is 6.07 Å². The van der Waals surface area contributed by atoms with Gasteiger partial charge in [0.15, 0.2) is 5.82 Å². The van der Waals surface area contributed by atoms with Gasteiger partial charge in [-0.15, -0.1) is 0 Å². The first kappa shape index (κ1) is 15.8. The van der Waals surface area contributed by atoms with Crippen molar-refractivity contribution in [1.29, 1.82) is 0 Å². The molecule has 3 N–H and O–H groups in total. The van der Waals surface area contributed by atoms with E-state index in [0.717, 1.165) is 16.5 Å². The number of hydrogen-bond acceptors (Lipinski definition) is 5. The van der Waals surface area contributed by atoms with Gasteiger partial charge in [0.2, 0.25) is 0 Å². The molecule has 2 rings (SSSR count).